The Morgan fingerprint density at radius 1 is 1.41 bits per heavy atom. The summed E-state index contributed by atoms with van der Waals surface area (Å²) < 4.78 is 1.65. The summed E-state index contributed by atoms with van der Waals surface area (Å²) in [4.78, 5) is 15.2. The van der Waals surface area contributed by atoms with Crippen molar-refractivity contribution in [3.05, 3.63) is 23.9 Å². The molecule has 0 aliphatic rings. The molecule has 0 spiro atoms. The molecule has 2 aromatic rings. The molecule has 0 saturated carbocycles. The lowest BCUT2D eigenvalue weighted by Gasteiger charge is -2.18. The van der Waals surface area contributed by atoms with Gasteiger partial charge in [-0.3, -0.25) is 10.1 Å². The number of aromatic nitrogens is 3. The summed E-state index contributed by atoms with van der Waals surface area (Å²) in [7, 11) is 0. The zero-order chi connectivity index (χ0) is 12.6. The van der Waals surface area contributed by atoms with Gasteiger partial charge >= 0.3 is 0 Å². The van der Waals surface area contributed by atoms with E-state index >= 15 is 0 Å². The highest BCUT2D eigenvalue weighted by Gasteiger charge is 2.15. The number of nitrogens with zero attached hydrogens (tertiary/aromatic N) is 3. The van der Waals surface area contributed by atoms with Gasteiger partial charge < -0.3 is 0 Å². The van der Waals surface area contributed by atoms with Gasteiger partial charge in [-0.05, 0) is 23.1 Å². The molecule has 0 fully saturated rings. The van der Waals surface area contributed by atoms with Crippen LogP contribution in [0.4, 0.5) is 5.95 Å². The fourth-order valence-electron chi connectivity index (χ4n) is 1.56. The van der Waals surface area contributed by atoms with E-state index in [1.807, 2.05) is 18.3 Å². The second-order valence-electron chi connectivity index (χ2n) is 5.08. The predicted molar refractivity (Wildman–Crippen MR) is 66.0 cm³/mol. The molecule has 5 heteroatoms. The molecule has 90 valence electrons. The molecule has 0 radical (unpaired) electrons. The number of fused-ring (bicyclic) bond motifs is 1. The molecule has 0 bridgehead atoms. The smallest absolute Gasteiger partial charge is 0.249 e. The zero-order valence-electron chi connectivity index (χ0n) is 10.5. The number of hydrogen-bond donors (Lipinski definition) is 1. The number of pyridine rings is 1. The first kappa shape index (κ1) is 11.6. The van der Waals surface area contributed by atoms with E-state index < -0.39 is 0 Å². The molecule has 1 N–H and O–H groups in total. The summed E-state index contributed by atoms with van der Waals surface area (Å²) in [5.41, 5.74) is 2.00. The Morgan fingerprint density at radius 3 is 2.71 bits per heavy atom. The van der Waals surface area contributed by atoms with Crippen LogP contribution in [0.15, 0.2) is 18.3 Å². The van der Waals surface area contributed by atoms with Gasteiger partial charge in [-0.2, -0.15) is 4.98 Å². The molecule has 5 nitrogen and oxygen atoms in total. The van der Waals surface area contributed by atoms with E-state index in [4.69, 9.17) is 0 Å². The summed E-state index contributed by atoms with van der Waals surface area (Å²) >= 11 is 0. The van der Waals surface area contributed by atoms with Crippen molar-refractivity contribution in [1.29, 1.82) is 0 Å². The summed E-state index contributed by atoms with van der Waals surface area (Å²) in [6.07, 6.45) is 1.86. The van der Waals surface area contributed by atoms with Gasteiger partial charge in [0, 0.05) is 13.1 Å². The van der Waals surface area contributed by atoms with Gasteiger partial charge in [-0.15, -0.1) is 5.10 Å². The molecular formula is C12H16N4O. The first-order valence-corrected chi connectivity index (χ1v) is 5.51. The second kappa shape index (κ2) is 3.84. The number of carbonyl (C=O) groups is 1. The predicted octanol–water partition coefficient (Wildman–Crippen LogP) is 1.99. The number of anilines is 1. The molecule has 2 rings (SSSR count). The van der Waals surface area contributed by atoms with Crippen LogP contribution in [0, 0.1) is 0 Å². The lowest BCUT2D eigenvalue weighted by Crippen LogP contribution is -2.11. The van der Waals surface area contributed by atoms with E-state index in [0.717, 1.165) is 5.65 Å². The normalized spacial score (nSPS) is 11.8. The largest absolute Gasteiger partial charge is 0.293 e. The number of rotatable bonds is 1. The van der Waals surface area contributed by atoms with Crippen molar-refractivity contribution in [2.75, 3.05) is 5.32 Å². The van der Waals surface area contributed by atoms with Crippen molar-refractivity contribution in [3.8, 4) is 0 Å². The highest BCUT2D eigenvalue weighted by molar-refractivity contribution is 5.86. The highest BCUT2D eigenvalue weighted by Crippen LogP contribution is 2.22. The molecule has 0 unspecified atom stereocenters. The second-order valence-corrected chi connectivity index (χ2v) is 5.08. The Hall–Kier alpha value is -1.91. The molecule has 2 aromatic heterocycles. The Balaban J connectivity index is 2.44. The van der Waals surface area contributed by atoms with E-state index in [1.165, 1.54) is 12.5 Å². The third kappa shape index (κ3) is 2.43. The quantitative estimate of drug-likeness (QED) is 0.818. The van der Waals surface area contributed by atoms with E-state index in [9.17, 15) is 4.79 Å². The summed E-state index contributed by atoms with van der Waals surface area (Å²) in [5.74, 6) is 0.167. The lowest BCUT2D eigenvalue weighted by molar-refractivity contribution is -0.114. The third-order valence-corrected chi connectivity index (χ3v) is 2.49. The van der Waals surface area contributed by atoms with Crippen LogP contribution in [-0.4, -0.2) is 20.5 Å². The molecule has 1 amide bonds. The highest BCUT2D eigenvalue weighted by atomic mass is 16.1. The topological polar surface area (TPSA) is 59.3 Å². The Labute approximate surface area is 99.9 Å². The molecule has 2 heterocycles. The molecular weight excluding hydrogens is 216 g/mol. The van der Waals surface area contributed by atoms with Crippen LogP contribution in [-0.2, 0) is 10.2 Å². The van der Waals surface area contributed by atoms with E-state index in [1.54, 1.807) is 4.52 Å². The lowest BCUT2D eigenvalue weighted by atomic mass is 9.88. The van der Waals surface area contributed by atoms with Crippen molar-refractivity contribution < 1.29 is 4.79 Å². The van der Waals surface area contributed by atoms with Crippen LogP contribution in [0.3, 0.4) is 0 Å². The molecule has 0 aliphatic carbocycles. The van der Waals surface area contributed by atoms with Gasteiger partial charge in [0.2, 0.25) is 11.9 Å². The van der Waals surface area contributed by atoms with Gasteiger partial charge in [0.1, 0.15) is 0 Å². The maximum atomic E-state index is 10.9. The fraction of sp³-hybridized carbons (Fsp3) is 0.417. The van der Waals surface area contributed by atoms with Crippen molar-refractivity contribution in [3.63, 3.8) is 0 Å². The van der Waals surface area contributed by atoms with E-state index in [2.05, 4.69) is 36.2 Å². The average molecular weight is 232 g/mol. The van der Waals surface area contributed by atoms with E-state index in [-0.39, 0.29) is 11.3 Å². The first-order chi connectivity index (χ1) is 7.86. The first-order valence-electron chi connectivity index (χ1n) is 5.51. The minimum absolute atomic E-state index is 0.0713. The van der Waals surface area contributed by atoms with Gasteiger partial charge in [-0.25, -0.2) is 4.52 Å². The molecule has 0 aliphatic heterocycles. The Kier molecular flexibility index (Phi) is 2.61. The van der Waals surface area contributed by atoms with Crippen LogP contribution in [0.2, 0.25) is 0 Å². The molecule has 17 heavy (non-hydrogen) atoms. The summed E-state index contributed by atoms with van der Waals surface area (Å²) in [5, 5.41) is 6.72. The minimum atomic E-state index is -0.169. The van der Waals surface area contributed by atoms with Crippen molar-refractivity contribution in [2.24, 2.45) is 0 Å². The SMILES string of the molecule is CC(=O)Nc1nc2cc(C(C)(C)C)ccn2n1. The summed E-state index contributed by atoms with van der Waals surface area (Å²) in [6, 6.07) is 4.00. The van der Waals surface area contributed by atoms with Crippen LogP contribution in [0.25, 0.3) is 5.65 Å². The van der Waals surface area contributed by atoms with Crippen molar-refractivity contribution in [1.82, 2.24) is 14.6 Å². The van der Waals surface area contributed by atoms with Gasteiger partial charge in [0.05, 0.1) is 0 Å². The maximum absolute atomic E-state index is 10.9. The fourth-order valence-corrected chi connectivity index (χ4v) is 1.56. The minimum Gasteiger partial charge on any atom is -0.293 e. The monoisotopic (exact) mass is 232 g/mol. The van der Waals surface area contributed by atoms with Crippen molar-refractivity contribution >= 4 is 17.5 Å². The van der Waals surface area contributed by atoms with E-state index in [0.29, 0.717) is 5.95 Å². The average Bonchev–Trinajstić information content (AvgIpc) is 2.55. The van der Waals surface area contributed by atoms with Crippen LogP contribution in [0.1, 0.15) is 33.3 Å². The number of amides is 1. The molecule has 0 saturated heterocycles. The van der Waals surface area contributed by atoms with Gasteiger partial charge in [0.15, 0.2) is 5.65 Å². The van der Waals surface area contributed by atoms with Gasteiger partial charge in [-0.1, -0.05) is 20.8 Å². The van der Waals surface area contributed by atoms with Crippen LogP contribution < -0.4 is 5.32 Å². The molecule has 0 aromatic carbocycles. The summed E-state index contributed by atoms with van der Waals surface area (Å²) in [6.45, 7) is 7.87. The Morgan fingerprint density at radius 2 is 2.12 bits per heavy atom. The van der Waals surface area contributed by atoms with Crippen molar-refractivity contribution in [2.45, 2.75) is 33.1 Å². The Bertz CT molecular complexity index is 565. The van der Waals surface area contributed by atoms with Crippen LogP contribution in [0.5, 0.6) is 0 Å². The zero-order valence-corrected chi connectivity index (χ0v) is 10.5. The van der Waals surface area contributed by atoms with Gasteiger partial charge in [0.25, 0.3) is 0 Å². The van der Waals surface area contributed by atoms with Crippen LogP contribution >= 0.6 is 0 Å². The number of nitrogens with one attached hydrogen (secondary N) is 1. The molecule has 0 atom stereocenters. The number of carbonyl (C=O) groups excluding carboxylic acids is 1. The third-order valence-electron chi connectivity index (χ3n) is 2.49. The number of hydrogen-bond acceptors (Lipinski definition) is 3. The standard InChI is InChI=1S/C12H16N4O/c1-8(17)13-11-14-10-7-9(12(2,3)4)5-6-16(10)15-11/h5-7H,1-4H3,(H,13,15,17). The maximum Gasteiger partial charge on any atom is 0.249 e.